The quantitative estimate of drug-likeness (QED) is 0.863. The summed E-state index contributed by atoms with van der Waals surface area (Å²) >= 11 is 1.25. The van der Waals surface area contributed by atoms with Gasteiger partial charge in [-0.15, -0.1) is 11.3 Å². The van der Waals surface area contributed by atoms with E-state index in [0.29, 0.717) is 10.6 Å². The first-order valence-electron chi connectivity index (χ1n) is 4.85. The molecule has 2 N–H and O–H groups in total. The topological polar surface area (TPSA) is 49.3 Å². The van der Waals surface area contributed by atoms with E-state index in [4.69, 9.17) is 5.11 Å². The van der Waals surface area contributed by atoms with Gasteiger partial charge in [0.25, 0.3) is 0 Å². The van der Waals surface area contributed by atoms with Crippen molar-refractivity contribution in [2.24, 2.45) is 0 Å². The Hall–Kier alpha value is -1.17. The molecule has 0 unspecified atom stereocenters. The zero-order valence-electron chi connectivity index (χ0n) is 8.59. The number of alkyl halides is 2. The average molecular weight is 247 g/mol. The molecule has 1 aromatic rings. The summed E-state index contributed by atoms with van der Waals surface area (Å²) < 4.78 is 25.5. The molecule has 0 saturated heterocycles. The Morgan fingerprint density at radius 1 is 1.62 bits per heavy atom. The zero-order valence-corrected chi connectivity index (χ0v) is 9.41. The summed E-state index contributed by atoms with van der Waals surface area (Å²) in [7, 11) is 1.62. The van der Waals surface area contributed by atoms with Gasteiger partial charge in [0.05, 0.1) is 5.56 Å². The molecule has 0 atom stereocenters. The minimum absolute atomic E-state index is 0.146. The molecular weight excluding hydrogens is 236 g/mol. The first-order chi connectivity index (χ1) is 7.44. The van der Waals surface area contributed by atoms with Gasteiger partial charge >= 0.3 is 5.97 Å². The second-order valence-electron chi connectivity index (χ2n) is 3.91. The van der Waals surface area contributed by atoms with E-state index in [2.05, 4.69) is 5.32 Å². The SMILES string of the molecule is CNc1scc(C2CC(F)(F)C2)c1C(=O)O. The van der Waals surface area contributed by atoms with Gasteiger partial charge in [-0.05, 0) is 16.9 Å². The molecule has 1 heterocycles. The van der Waals surface area contributed by atoms with Crippen LogP contribution >= 0.6 is 11.3 Å². The maximum Gasteiger partial charge on any atom is 0.338 e. The lowest BCUT2D eigenvalue weighted by Crippen LogP contribution is -2.34. The highest BCUT2D eigenvalue weighted by atomic mass is 32.1. The monoisotopic (exact) mass is 247 g/mol. The number of nitrogens with one attached hydrogen (secondary N) is 1. The lowest BCUT2D eigenvalue weighted by molar-refractivity contribution is -0.0868. The molecular formula is C10H11F2NO2S. The van der Waals surface area contributed by atoms with E-state index in [1.165, 1.54) is 11.3 Å². The fourth-order valence-corrected chi connectivity index (χ4v) is 2.95. The van der Waals surface area contributed by atoms with Crippen LogP contribution in [-0.2, 0) is 0 Å². The molecule has 0 bridgehead atoms. The summed E-state index contributed by atoms with van der Waals surface area (Å²) in [6, 6.07) is 0. The Kier molecular flexibility index (Phi) is 2.61. The Morgan fingerprint density at radius 3 is 2.69 bits per heavy atom. The van der Waals surface area contributed by atoms with Gasteiger partial charge in [0.15, 0.2) is 0 Å². The van der Waals surface area contributed by atoms with Crippen LogP contribution in [0.4, 0.5) is 13.8 Å². The third-order valence-corrected chi connectivity index (χ3v) is 3.81. The zero-order chi connectivity index (χ0) is 11.9. The van der Waals surface area contributed by atoms with E-state index < -0.39 is 11.9 Å². The molecule has 16 heavy (non-hydrogen) atoms. The van der Waals surface area contributed by atoms with Crippen LogP contribution < -0.4 is 5.32 Å². The van der Waals surface area contributed by atoms with E-state index in [0.717, 1.165) is 0 Å². The Bertz CT molecular complexity index is 422. The van der Waals surface area contributed by atoms with Crippen LogP contribution in [0.3, 0.4) is 0 Å². The van der Waals surface area contributed by atoms with Crippen LogP contribution in [0, 0.1) is 0 Å². The van der Waals surface area contributed by atoms with Gasteiger partial charge in [0, 0.05) is 19.9 Å². The molecule has 1 aromatic heterocycles. The highest BCUT2D eigenvalue weighted by Crippen LogP contribution is 2.50. The Morgan fingerprint density at radius 2 is 2.25 bits per heavy atom. The van der Waals surface area contributed by atoms with E-state index >= 15 is 0 Å². The number of carboxylic acid groups (broad SMARTS) is 1. The number of carboxylic acids is 1. The van der Waals surface area contributed by atoms with Gasteiger partial charge in [-0.25, -0.2) is 13.6 Å². The van der Waals surface area contributed by atoms with E-state index in [1.807, 2.05) is 0 Å². The first-order valence-corrected chi connectivity index (χ1v) is 5.73. The second-order valence-corrected chi connectivity index (χ2v) is 4.79. The molecule has 1 saturated carbocycles. The van der Waals surface area contributed by atoms with Gasteiger partial charge in [0.2, 0.25) is 5.92 Å². The Labute approximate surface area is 95.1 Å². The van der Waals surface area contributed by atoms with Crippen LogP contribution in [0.5, 0.6) is 0 Å². The largest absolute Gasteiger partial charge is 0.478 e. The summed E-state index contributed by atoms with van der Waals surface area (Å²) in [5.74, 6) is -4.00. The van der Waals surface area contributed by atoms with Gasteiger partial charge in [-0.1, -0.05) is 0 Å². The lowest BCUT2D eigenvalue weighted by Gasteiger charge is -2.35. The van der Waals surface area contributed by atoms with Crippen LogP contribution in [0.25, 0.3) is 0 Å². The van der Waals surface area contributed by atoms with Gasteiger partial charge in [-0.2, -0.15) is 0 Å². The standard InChI is InChI=1S/C10H11F2NO2S/c1-13-8-7(9(14)15)6(4-16-8)5-2-10(11,12)3-5/h4-5,13H,2-3H2,1H3,(H,14,15). The van der Waals surface area contributed by atoms with Crippen molar-refractivity contribution in [3.63, 3.8) is 0 Å². The minimum atomic E-state index is -2.62. The van der Waals surface area contributed by atoms with Crippen molar-refractivity contribution in [3.05, 3.63) is 16.5 Å². The summed E-state index contributed by atoms with van der Waals surface area (Å²) in [5.41, 5.74) is 0.681. The smallest absolute Gasteiger partial charge is 0.338 e. The fraction of sp³-hybridized carbons (Fsp3) is 0.500. The normalized spacial score (nSPS) is 19.2. The van der Waals surface area contributed by atoms with E-state index in [-0.39, 0.29) is 24.3 Å². The molecule has 1 aliphatic rings. The molecule has 0 aromatic carbocycles. The van der Waals surface area contributed by atoms with Crippen molar-refractivity contribution >= 4 is 22.3 Å². The number of hydrogen-bond acceptors (Lipinski definition) is 3. The molecule has 0 spiro atoms. The summed E-state index contributed by atoms with van der Waals surface area (Å²) in [5, 5.41) is 14.0. The third-order valence-electron chi connectivity index (χ3n) is 2.79. The number of halogens is 2. The van der Waals surface area contributed by atoms with E-state index in [1.54, 1.807) is 12.4 Å². The number of hydrogen-bond donors (Lipinski definition) is 2. The van der Waals surface area contributed by atoms with Gasteiger partial charge in [0.1, 0.15) is 5.00 Å². The highest BCUT2D eigenvalue weighted by molar-refractivity contribution is 7.14. The maximum absolute atomic E-state index is 12.7. The van der Waals surface area contributed by atoms with Crippen LogP contribution in [0.15, 0.2) is 5.38 Å². The van der Waals surface area contributed by atoms with Crippen molar-refractivity contribution in [2.45, 2.75) is 24.7 Å². The molecule has 0 aliphatic heterocycles. The summed E-state index contributed by atoms with van der Waals surface area (Å²) in [6.07, 6.45) is -0.486. The number of thiophene rings is 1. The van der Waals surface area contributed by atoms with Crippen molar-refractivity contribution < 1.29 is 18.7 Å². The molecule has 0 amide bonds. The molecule has 1 fully saturated rings. The molecule has 3 nitrogen and oxygen atoms in total. The average Bonchev–Trinajstić information content (AvgIpc) is 2.56. The van der Waals surface area contributed by atoms with E-state index in [9.17, 15) is 13.6 Å². The van der Waals surface area contributed by atoms with Crippen molar-refractivity contribution in [1.82, 2.24) is 0 Å². The lowest BCUT2D eigenvalue weighted by atomic mass is 9.76. The molecule has 2 rings (SSSR count). The van der Waals surface area contributed by atoms with Crippen LogP contribution in [0.2, 0.25) is 0 Å². The molecule has 88 valence electrons. The number of carbonyl (C=O) groups is 1. The predicted molar refractivity (Wildman–Crippen MR) is 57.7 cm³/mol. The van der Waals surface area contributed by atoms with Crippen LogP contribution in [-0.4, -0.2) is 24.0 Å². The minimum Gasteiger partial charge on any atom is -0.478 e. The summed E-state index contributed by atoms with van der Waals surface area (Å²) in [4.78, 5) is 11.0. The predicted octanol–water partition coefficient (Wildman–Crippen LogP) is 3.00. The first kappa shape index (κ1) is 11.3. The van der Waals surface area contributed by atoms with Crippen molar-refractivity contribution in [3.8, 4) is 0 Å². The van der Waals surface area contributed by atoms with Gasteiger partial charge < -0.3 is 10.4 Å². The number of rotatable bonds is 3. The number of anilines is 1. The number of aromatic carboxylic acids is 1. The van der Waals surface area contributed by atoms with Crippen molar-refractivity contribution in [2.75, 3.05) is 12.4 Å². The van der Waals surface area contributed by atoms with Crippen LogP contribution in [0.1, 0.15) is 34.7 Å². The summed E-state index contributed by atoms with van der Waals surface area (Å²) in [6.45, 7) is 0. The fourth-order valence-electron chi connectivity index (χ4n) is 1.96. The highest BCUT2D eigenvalue weighted by Gasteiger charge is 2.47. The maximum atomic E-state index is 12.7. The third kappa shape index (κ3) is 1.77. The molecule has 0 radical (unpaired) electrons. The molecule has 6 heteroatoms. The molecule has 1 aliphatic carbocycles. The van der Waals surface area contributed by atoms with Crippen molar-refractivity contribution in [1.29, 1.82) is 0 Å². The Balaban J connectivity index is 2.29. The second kappa shape index (κ2) is 3.69. The van der Waals surface area contributed by atoms with Gasteiger partial charge in [-0.3, -0.25) is 0 Å².